The van der Waals surface area contributed by atoms with Gasteiger partial charge in [0.25, 0.3) is 0 Å². The fourth-order valence-corrected chi connectivity index (χ4v) is 5.64. The molecule has 1 unspecified atom stereocenters. The van der Waals surface area contributed by atoms with Crippen molar-refractivity contribution in [2.45, 2.75) is 13.1 Å². The highest BCUT2D eigenvalue weighted by atomic mass is 31.2. The predicted molar refractivity (Wildman–Crippen MR) is 128 cm³/mol. The second kappa shape index (κ2) is 8.97. The molecule has 0 spiro atoms. The third kappa shape index (κ3) is 4.41. The average Bonchev–Trinajstić information content (AvgIpc) is 2.85. The minimum Gasteiger partial charge on any atom is -0.412 e. The van der Waals surface area contributed by atoms with Crippen LogP contribution in [0.5, 0.6) is 5.75 Å². The molecule has 0 aliphatic carbocycles. The second-order valence-electron chi connectivity index (χ2n) is 7.79. The van der Waals surface area contributed by atoms with Crippen LogP contribution in [0.3, 0.4) is 0 Å². The maximum Gasteiger partial charge on any atom is 0.466 e. The number of amides is 1. The van der Waals surface area contributed by atoms with Gasteiger partial charge in [-0.05, 0) is 23.3 Å². The van der Waals surface area contributed by atoms with Crippen LogP contribution in [0.25, 0.3) is 11.1 Å². The molecule has 1 aliphatic rings. The molecule has 0 N–H and O–H groups in total. The molecule has 0 aromatic heterocycles. The first-order valence-electron chi connectivity index (χ1n) is 10.7. The summed E-state index contributed by atoms with van der Waals surface area (Å²) in [7, 11) is -3.95. The highest BCUT2D eigenvalue weighted by molar-refractivity contribution is 7.63. The van der Waals surface area contributed by atoms with Gasteiger partial charge in [0, 0.05) is 24.2 Å². The van der Waals surface area contributed by atoms with Crippen molar-refractivity contribution in [3.63, 3.8) is 0 Å². The van der Waals surface area contributed by atoms with E-state index in [-0.39, 0.29) is 0 Å². The minimum absolute atomic E-state index is 0.312. The van der Waals surface area contributed by atoms with Crippen LogP contribution in [0, 0.1) is 0 Å². The van der Waals surface area contributed by atoms with Crippen LogP contribution >= 0.6 is 7.60 Å². The van der Waals surface area contributed by atoms with E-state index in [1.807, 2.05) is 84.9 Å². The Morgan fingerprint density at radius 2 is 1.21 bits per heavy atom. The van der Waals surface area contributed by atoms with Crippen LogP contribution in [0.4, 0.5) is 4.79 Å². The van der Waals surface area contributed by atoms with Crippen molar-refractivity contribution in [3.8, 4) is 16.9 Å². The summed E-state index contributed by atoms with van der Waals surface area (Å²) in [6, 6.07) is 33.8. The fourth-order valence-electron chi connectivity index (χ4n) is 3.91. The zero-order chi connectivity index (χ0) is 22.7. The van der Waals surface area contributed by atoms with Crippen molar-refractivity contribution >= 4 is 19.0 Å². The fraction of sp³-hybridized carbons (Fsp3) is 0.0741. The number of para-hydroxylation sites is 1. The zero-order valence-electron chi connectivity index (χ0n) is 17.8. The molecule has 6 heteroatoms. The third-order valence-corrected chi connectivity index (χ3v) is 7.30. The Morgan fingerprint density at radius 3 is 1.85 bits per heavy atom. The molecule has 4 aromatic rings. The van der Waals surface area contributed by atoms with E-state index >= 15 is 0 Å². The Hall–Kier alpha value is -3.82. The van der Waals surface area contributed by atoms with Crippen LogP contribution in [0.1, 0.15) is 11.1 Å². The summed E-state index contributed by atoms with van der Waals surface area (Å²) in [4.78, 5) is 14.9. The van der Waals surface area contributed by atoms with Crippen molar-refractivity contribution in [2.75, 3.05) is 0 Å². The number of carbonyl (C=O) groups excluding carboxylic acids is 1. The molecule has 4 aromatic carbocycles. The lowest BCUT2D eigenvalue weighted by molar-refractivity contribution is 0.143. The van der Waals surface area contributed by atoms with Gasteiger partial charge in [-0.3, -0.25) is 4.90 Å². The minimum atomic E-state index is -3.95. The summed E-state index contributed by atoms with van der Waals surface area (Å²) in [5, 5.41) is 0.386. The normalized spacial score (nSPS) is 16.1. The average molecular weight is 455 g/mol. The van der Waals surface area contributed by atoms with E-state index in [1.54, 1.807) is 24.3 Å². The third-order valence-electron chi connectivity index (χ3n) is 5.48. The predicted octanol–water partition coefficient (Wildman–Crippen LogP) is 6.40. The summed E-state index contributed by atoms with van der Waals surface area (Å²) >= 11 is 0. The van der Waals surface area contributed by atoms with E-state index in [9.17, 15) is 9.36 Å². The summed E-state index contributed by atoms with van der Waals surface area (Å²) in [5.41, 5.74) is 3.45. The summed E-state index contributed by atoms with van der Waals surface area (Å²) < 4.78 is 25.5. The van der Waals surface area contributed by atoms with Gasteiger partial charge in [0.05, 0.1) is 5.30 Å². The Balaban J connectivity index is 1.47. The summed E-state index contributed by atoms with van der Waals surface area (Å²) in [5.74, 6) is 0.435. The molecular formula is C27H22NO4P. The van der Waals surface area contributed by atoms with Crippen LogP contribution in [-0.2, 0) is 22.2 Å². The Morgan fingerprint density at radius 1 is 0.697 bits per heavy atom. The first kappa shape index (κ1) is 21.0. The van der Waals surface area contributed by atoms with Gasteiger partial charge >= 0.3 is 13.7 Å². The monoisotopic (exact) mass is 455 g/mol. The maximum atomic E-state index is 13.9. The molecule has 0 radical (unpaired) electrons. The highest BCUT2D eigenvalue weighted by Crippen LogP contribution is 2.55. The topological polar surface area (TPSA) is 55.8 Å². The SMILES string of the molecule is O=C(OP1(=O)Oc2ccccc2-c2ccccc21)N(Cc1ccccc1)Cc1ccccc1. The molecule has 5 nitrogen and oxygen atoms in total. The largest absolute Gasteiger partial charge is 0.466 e. The molecule has 1 heterocycles. The van der Waals surface area contributed by atoms with Crippen LogP contribution in [-0.4, -0.2) is 11.0 Å². The van der Waals surface area contributed by atoms with Crippen molar-refractivity contribution in [1.82, 2.24) is 4.90 Å². The molecule has 164 valence electrons. The van der Waals surface area contributed by atoms with E-state index in [0.717, 1.165) is 22.3 Å². The number of nitrogens with zero attached hydrogens (tertiary/aromatic N) is 1. The smallest absolute Gasteiger partial charge is 0.412 e. The lowest BCUT2D eigenvalue weighted by Gasteiger charge is -2.29. The van der Waals surface area contributed by atoms with Crippen molar-refractivity contribution in [1.29, 1.82) is 0 Å². The van der Waals surface area contributed by atoms with Gasteiger partial charge in [0.2, 0.25) is 0 Å². The van der Waals surface area contributed by atoms with E-state index in [1.165, 1.54) is 4.90 Å². The number of hydrogen-bond acceptors (Lipinski definition) is 4. The van der Waals surface area contributed by atoms with Crippen LogP contribution in [0.2, 0.25) is 0 Å². The van der Waals surface area contributed by atoms with Gasteiger partial charge in [0.1, 0.15) is 5.75 Å². The van der Waals surface area contributed by atoms with Gasteiger partial charge in [-0.1, -0.05) is 97.1 Å². The van der Waals surface area contributed by atoms with Gasteiger partial charge < -0.3 is 9.05 Å². The standard InChI is InChI=1S/C27H22NO4P/c29-27(28(19-21-11-3-1-4-12-21)20-22-13-5-2-6-14-22)32-33(30)26-18-10-8-16-24(26)23-15-7-9-17-25(23)31-33/h1-18H,19-20H2. The lowest BCUT2D eigenvalue weighted by atomic mass is 10.0. The second-order valence-corrected chi connectivity index (χ2v) is 9.63. The van der Waals surface area contributed by atoms with Crippen molar-refractivity contribution in [2.24, 2.45) is 0 Å². The van der Waals surface area contributed by atoms with Crippen LogP contribution in [0.15, 0.2) is 109 Å². The first-order chi connectivity index (χ1) is 16.1. The van der Waals surface area contributed by atoms with Gasteiger partial charge in [0.15, 0.2) is 0 Å². The van der Waals surface area contributed by atoms with Gasteiger partial charge in [-0.15, -0.1) is 0 Å². The molecule has 1 aliphatic heterocycles. The molecule has 0 saturated heterocycles. The van der Waals surface area contributed by atoms with E-state index in [2.05, 4.69) is 0 Å². The van der Waals surface area contributed by atoms with Crippen LogP contribution < -0.4 is 9.83 Å². The van der Waals surface area contributed by atoms with Gasteiger partial charge in [-0.2, -0.15) is 0 Å². The van der Waals surface area contributed by atoms with Crippen molar-refractivity contribution < 1.29 is 18.4 Å². The number of fused-ring (bicyclic) bond motifs is 3. The molecule has 33 heavy (non-hydrogen) atoms. The molecule has 1 amide bonds. The number of hydrogen-bond donors (Lipinski definition) is 0. The maximum absolute atomic E-state index is 13.9. The molecule has 5 rings (SSSR count). The molecule has 0 saturated carbocycles. The Kier molecular flexibility index (Phi) is 5.72. The number of carbonyl (C=O) groups is 1. The lowest BCUT2D eigenvalue weighted by Crippen LogP contribution is -2.32. The van der Waals surface area contributed by atoms with Gasteiger partial charge in [-0.25, -0.2) is 9.36 Å². The van der Waals surface area contributed by atoms with E-state index in [4.69, 9.17) is 9.05 Å². The number of rotatable bonds is 5. The summed E-state index contributed by atoms with van der Waals surface area (Å²) in [6.07, 6.45) is -0.694. The Labute approximate surface area is 192 Å². The molecular weight excluding hydrogens is 433 g/mol. The van der Waals surface area contributed by atoms with E-state index < -0.39 is 13.7 Å². The Bertz CT molecular complexity index is 1280. The molecule has 0 bridgehead atoms. The number of benzene rings is 4. The van der Waals surface area contributed by atoms with E-state index in [0.29, 0.717) is 24.1 Å². The molecule has 0 fully saturated rings. The van der Waals surface area contributed by atoms with Crippen molar-refractivity contribution in [3.05, 3.63) is 120 Å². The zero-order valence-corrected chi connectivity index (χ0v) is 18.7. The highest BCUT2D eigenvalue weighted by Gasteiger charge is 2.41. The quantitative estimate of drug-likeness (QED) is 0.327. The molecule has 1 atom stereocenters. The first-order valence-corrected chi connectivity index (χ1v) is 12.2. The summed E-state index contributed by atoms with van der Waals surface area (Å²) in [6.45, 7) is 0.625.